The molecule has 3 rings (SSSR count). The minimum atomic E-state index is -1.51. The van der Waals surface area contributed by atoms with Gasteiger partial charge in [-0.25, -0.2) is 0 Å². The molecule has 2 fully saturated rings. The minimum absolute atomic E-state index is 0.196. The minimum Gasteiger partial charge on any atom is -0.468 e. The number of nitrogens with zero attached hydrogens (tertiary/aromatic N) is 2. The lowest BCUT2D eigenvalue weighted by atomic mass is 9.99. The summed E-state index contributed by atoms with van der Waals surface area (Å²) in [6.07, 6.45) is 6.31. The van der Waals surface area contributed by atoms with Gasteiger partial charge in [-0.3, -0.25) is 19.5 Å². The first kappa shape index (κ1) is 20.4. The van der Waals surface area contributed by atoms with Crippen molar-refractivity contribution in [1.82, 2.24) is 10.2 Å². The van der Waals surface area contributed by atoms with Crippen LogP contribution >= 0.6 is 10.0 Å². The van der Waals surface area contributed by atoms with Crippen LogP contribution in [0.4, 0.5) is 0 Å². The number of esters is 1. The van der Waals surface area contributed by atoms with Gasteiger partial charge in [0.15, 0.2) is 0 Å². The van der Waals surface area contributed by atoms with Crippen molar-refractivity contribution in [1.29, 1.82) is 0 Å². The molecule has 2 saturated heterocycles. The second kappa shape index (κ2) is 8.32. The zero-order chi connectivity index (χ0) is 19.6. The maximum Gasteiger partial charge on any atom is 0.319 e. The van der Waals surface area contributed by atoms with Crippen LogP contribution in [0.2, 0.25) is 0 Å². The lowest BCUT2D eigenvalue weighted by Gasteiger charge is -2.48. The van der Waals surface area contributed by atoms with Gasteiger partial charge in [-0.05, 0) is 65.0 Å². The highest BCUT2D eigenvalue weighted by molar-refractivity contribution is 8.48. The number of carbonyl (C=O) groups excluding carboxylic acids is 2. The van der Waals surface area contributed by atoms with Crippen LogP contribution in [0.15, 0.2) is 15.6 Å². The molecule has 27 heavy (non-hydrogen) atoms. The van der Waals surface area contributed by atoms with Crippen LogP contribution in [-0.2, 0) is 14.3 Å². The van der Waals surface area contributed by atoms with Gasteiger partial charge in [0.1, 0.15) is 0 Å². The van der Waals surface area contributed by atoms with Gasteiger partial charge in [0.05, 0.1) is 29.3 Å². The van der Waals surface area contributed by atoms with Gasteiger partial charge in [-0.1, -0.05) is 0 Å². The Morgan fingerprint density at radius 2 is 1.89 bits per heavy atom. The molecule has 0 radical (unpaired) electrons. The third-order valence-corrected chi connectivity index (χ3v) is 10.6. The molecule has 0 bridgehead atoms. The molecule has 1 atom stereocenters. The molecule has 0 spiro atoms. The Hall–Kier alpha value is -1.38. The number of rotatable bonds is 5. The first-order valence-electron chi connectivity index (χ1n) is 9.74. The van der Waals surface area contributed by atoms with Crippen molar-refractivity contribution >= 4 is 26.9 Å². The molecule has 1 amide bonds. The summed E-state index contributed by atoms with van der Waals surface area (Å²) >= 11 is 0. The van der Waals surface area contributed by atoms with E-state index < -0.39 is 10.0 Å². The van der Waals surface area contributed by atoms with E-state index in [0.29, 0.717) is 17.7 Å². The fraction of sp³-hybridized carbons (Fsp3) is 0.737. The van der Waals surface area contributed by atoms with Gasteiger partial charge in [0.2, 0.25) is 0 Å². The number of allylic oxidation sites excluding steroid dienone is 1. The molecule has 0 aromatic carbocycles. The number of likely N-dealkylation sites (tertiary alicyclic amines) is 1. The third kappa shape index (κ3) is 3.93. The van der Waals surface area contributed by atoms with E-state index >= 15 is 0 Å². The van der Waals surface area contributed by atoms with Crippen LogP contribution in [0.5, 0.6) is 0 Å². The lowest BCUT2D eigenvalue weighted by Crippen LogP contribution is -2.44. The van der Waals surface area contributed by atoms with Crippen molar-refractivity contribution < 1.29 is 14.3 Å². The van der Waals surface area contributed by atoms with Gasteiger partial charge < -0.3 is 15.8 Å². The monoisotopic (exact) mass is 396 g/mol. The predicted molar refractivity (Wildman–Crippen MR) is 110 cm³/mol. The Labute approximate surface area is 163 Å². The molecular weight excluding hydrogens is 364 g/mol. The Bertz CT molecular complexity index is 664. The van der Waals surface area contributed by atoms with E-state index in [1.165, 1.54) is 12.2 Å². The third-order valence-electron chi connectivity index (χ3n) is 6.16. The Morgan fingerprint density at radius 1 is 1.26 bits per heavy atom. The van der Waals surface area contributed by atoms with Crippen LogP contribution in [0.1, 0.15) is 32.6 Å². The lowest BCUT2D eigenvalue weighted by molar-refractivity contribution is -0.142. The topological polar surface area (TPSA) is 97.0 Å². The first-order valence-corrected chi connectivity index (χ1v) is 11.8. The van der Waals surface area contributed by atoms with Crippen molar-refractivity contribution in [2.24, 2.45) is 16.6 Å². The molecule has 7 nitrogen and oxygen atoms in total. The van der Waals surface area contributed by atoms with E-state index in [9.17, 15) is 9.59 Å². The number of hydrogen-bond acceptors (Lipinski definition) is 6. The van der Waals surface area contributed by atoms with Crippen LogP contribution in [0, 0.1) is 5.92 Å². The van der Waals surface area contributed by atoms with E-state index in [2.05, 4.69) is 16.5 Å². The number of amides is 1. The molecule has 152 valence electrons. The van der Waals surface area contributed by atoms with Crippen LogP contribution in [0.3, 0.4) is 0 Å². The maximum atomic E-state index is 12.4. The first-order chi connectivity index (χ1) is 12.9. The van der Waals surface area contributed by atoms with Crippen LogP contribution in [-0.4, -0.2) is 73.2 Å². The number of primary amides is 1. The van der Waals surface area contributed by atoms with E-state index in [0.717, 1.165) is 62.5 Å². The summed E-state index contributed by atoms with van der Waals surface area (Å²) < 4.78 is 4.79. The molecule has 3 aliphatic rings. The van der Waals surface area contributed by atoms with Gasteiger partial charge in [0.25, 0.3) is 5.91 Å². The van der Waals surface area contributed by atoms with E-state index in [-0.39, 0.29) is 11.9 Å². The number of nitrogens with one attached hydrogen (secondary N) is 1. The molecule has 0 aliphatic carbocycles. The molecule has 0 saturated carbocycles. The SMILES string of the molecule is COC(=O)CN1CCC(S2(C)C(C3CCNCC3)=NC(C)=C2C(N)=O)CC1. The molecule has 0 aromatic rings. The highest BCUT2D eigenvalue weighted by Gasteiger charge is 2.47. The number of methoxy groups -OCH3 is 1. The summed E-state index contributed by atoms with van der Waals surface area (Å²) in [7, 11) is -0.0843. The zero-order valence-electron chi connectivity index (χ0n) is 16.6. The summed E-state index contributed by atoms with van der Waals surface area (Å²) in [6, 6.07) is 0. The quantitative estimate of drug-likeness (QED) is 0.681. The fourth-order valence-electron chi connectivity index (χ4n) is 4.74. The number of hydrogen-bond donors (Lipinski definition) is 2. The number of piperidine rings is 2. The van der Waals surface area contributed by atoms with E-state index in [1.807, 2.05) is 6.92 Å². The number of aliphatic imine (C=N–C) groups is 1. The average Bonchev–Trinajstić information content (AvgIpc) is 2.94. The number of nitrogens with two attached hydrogens (primary N) is 1. The summed E-state index contributed by atoms with van der Waals surface area (Å²) in [5, 5.41) is 5.04. The summed E-state index contributed by atoms with van der Waals surface area (Å²) in [5.74, 6) is -0.0702. The summed E-state index contributed by atoms with van der Waals surface area (Å²) in [5.41, 5.74) is 6.66. The van der Waals surface area contributed by atoms with Crippen molar-refractivity contribution in [3.8, 4) is 0 Å². The zero-order valence-corrected chi connectivity index (χ0v) is 17.4. The smallest absolute Gasteiger partial charge is 0.319 e. The second-order valence-corrected chi connectivity index (χ2v) is 11.2. The summed E-state index contributed by atoms with van der Waals surface area (Å²) in [4.78, 5) is 31.8. The molecule has 1 unspecified atom stereocenters. The van der Waals surface area contributed by atoms with Crippen LogP contribution < -0.4 is 11.1 Å². The standard InChI is InChI=1S/C19H32N4O3S/c1-13-17(18(20)25)27(3,19(22-13)14-4-8-21-9-5-14)15-6-10-23(11-7-15)12-16(24)26-2/h14-15,21H,4-12H2,1-3H3,(H2,20,25). The van der Waals surface area contributed by atoms with Gasteiger partial charge in [-0.15, -0.1) is 0 Å². The van der Waals surface area contributed by atoms with E-state index in [1.54, 1.807) is 0 Å². The Kier molecular flexibility index (Phi) is 6.28. The molecule has 8 heteroatoms. The average molecular weight is 397 g/mol. The molecular formula is C19H32N4O3S. The normalized spacial score (nSPS) is 30.7. The van der Waals surface area contributed by atoms with Crippen molar-refractivity contribution in [3.05, 3.63) is 10.6 Å². The van der Waals surface area contributed by atoms with Gasteiger partial charge in [-0.2, -0.15) is 10.0 Å². The fourth-order valence-corrected chi connectivity index (χ4v) is 9.11. The Morgan fingerprint density at radius 3 is 2.44 bits per heavy atom. The Balaban J connectivity index is 1.81. The highest BCUT2D eigenvalue weighted by Crippen LogP contribution is 2.66. The molecule has 3 aliphatic heterocycles. The molecule has 3 N–H and O–H groups in total. The van der Waals surface area contributed by atoms with Gasteiger partial charge in [0, 0.05) is 11.2 Å². The second-order valence-electron chi connectivity index (χ2n) is 7.79. The highest BCUT2D eigenvalue weighted by atomic mass is 32.3. The van der Waals surface area contributed by atoms with E-state index in [4.69, 9.17) is 15.5 Å². The molecule has 0 aromatic heterocycles. The number of ether oxygens (including phenoxy) is 1. The van der Waals surface area contributed by atoms with Gasteiger partial charge >= 0.3 is 5.97 Å². The maximum absolute atomic E-state index is 12.4. The van der Waals surface area contributed by atoms with Crippen molar-refractivity contribution in [2.75, 3.05) is 46.1 Å². The molecule has 3 heterocycles. The summed E-state index contributed by atoms with van der Waals surface area (Å²) in [6.45, 7) is 5.96. The van der Waals surface area contributed by atoms with Crippen LogP contribution in [0.25, 0.3) is 0 Å². The predicted octanol–water partition coefficient (Wildman–Crippen LogP) is 1.19. The van der Waals surface area contributed by atoms with Crippen molar-refractivity contribution in [3.63, 3.8) is 0 Å². The van der Waals surface area contributed by atoms with Crippen molar-refractivity contribution in [2.45, 2.75) is 37.9 Å². The largest absolute Gasteiger partial charge is 0.468 e. The number of carbonyl (C=O) groups is 2.